The summed E-state index contributed by atoms with van der Waals surface area (Å²) in [7, 11) is 0. The van der Waals surface area contributed by atoms with Gasteiger partial charge in [-0.2, -0.15) is 0 Å². The minimum Gasteiger partial charge on any atom is -0.459 e. The maximum absolute atomic E-state index is 12.6. The summed E-state index contributed by atoms with van der Waals surface area (Å²) in [5.74, 6) is -0.654. The lowest BCUT2D eigenvalue weighted by molar-refractivity contribution is -0.128. The molecule has 0 radical (unpaired) electrons. The Morgan fingerprint density at radius 2 is 1.57 bits per heavy atom. The van der Waals surface area contributed by atoms with E-state index in [1.165, 1.54) is 19.3 Å². The van der Waals surface area contributed by atoms with Crippen LogP contribution in [0.25, 0.3) is 0 Å². The van der Waals surface area contributed by atoms with Crippen molar-refractivity contribution in [2.75, 3.05) is 31.5 Å². The van der Waals surface area contributed by atoms with Crippen LogP contribution in [0.5, 0.6) is 0 Å². The van der Waals surface area contributed by atoms with Crippen molar-refractivity contribution in [3.05, 3.63) is 65.6 Å². The highest BCUT2D eigenvalue weighted by Crippen LogP contribution is 2.13. The van der Waals surface area contributed by atoms with Crippen molar-refractivity contribution >= 4 is 29.2 Å². The highest BCUT2D eigenvalue weighted by atomic mass is 16.3. The lowest BCUT2D eigenvalue weighted by Gasteiger charge is -2.34. The van der Waals surface area contributed by atoms with Crippen molar-refractivity contribution in [1.29, 1.82) is 0 Å². The average Bonchev–Trinajstić information content (AvgIpc) is 3.28. The van der Waals surface area contributed by atoms with Gasteiger partial charge in [-0.3, -0.25) is 19.2 Å². The van der Waals surface area contributed by atoms with Crippen LogP contribution in [-0.4, -0.2) is 59.5 Å². The molecule has 3 rings (SSSR count). The summed E-state index contributed by atoms with van der Waals surface area (Å²) in [4.78, 5) is 51.7. The molecular weight excluding hydrogens is 386 g/mol. The maximum Gasteiger partial charge on any atom is 0.289 e. The van der Waals surface area contributed by atoms with Crippen LogP contribution in [0, 0.1) is 0 Å². The molecule has 2 heterocycles. The Labute approximate surface area is 174 Å². The molecule has 30 heavy (non-hydrogen) atoms. The summed E-state index contributed by atoms with van der Waals surface area (Å²) in [6.45, 7) is 4.61. The Kier molecular flexibility index (Phi) is 6.46. The number of nitrogens with one attached hydrogen (secondary N) is 1. The van der Waals surface area contributed by atoms with E-state index in [1.54, 1.807) is 53.1 Å². The van der Waals surface area contributed by atoms with Crippen molar-refractivity contribution in [1.82, 2.24) is 9.80 Å². The number of nitrogens with zero attached hydrogens (tertiary/aromatic N) is 2. The Bertz CT molecular complexity index is 969. The topological polar surface area (TPSA) is 99.9 Å². The minimum atomic E-state index is -0.428. The molecule has 0 unspecified atom stereocenters. The minimum absolute atomic E-state index is 0.0554. The fraction of sp³-hybridized carbons (Fsp3) is 0.273. The smallest absolute Gasteiger partial charge is 0.289 e. The Balaban J connectivity index is 1.53. The number of hydrogen-bond acceptors (Lipinski definition) is 5. The van der Waals surface area contributed by atoms with Gasteiger partial charge in [-0.25, -0.2) is 0 Å². The molecule has 1 aliphatic rings. The van der Waals surface area contributed by atoms with Gasteiger partial charge in [0.2, 0.25) is 11.8 Å². The molecule has 8 nitrogen and oxygen atoms in total. The van der Waals surface area contributed by atoms with Gasteiger partial charge in [0.25, 0.3) is 5.91 Å². The van der Waals surface area contributed by atoms with Gasteiger partial charge in [-0.15, -0.1) is 0 Å². The van der Waals surface area contributed by atoms with Crippen LogP contribution >= 0.6 is 0 Å². The normalized spacial score (nSPS) is 14.4. The molecule has 1 aliphatic heterocycles. The van der Waals surface area contributed by atoms with Crippen molar-refractivity contribution in [2.24, 2.45) is 0 Å². The van der Waals surface area contributed by atoms with Crippen LogP contribution < -0.4 is 5.32 Å². The fourth-order valence-corrected chi connectivity index (χ4v) is 3.14. The molecule has 0 spiro atoms. The molecular formula is C22H23N3O5. The summed E-state index contributed by atoms with van der Waals surface area (Å²) in [6.07, 6.45) is 2.70. The summed E-state index contributed by atoms with van der Waals surface area (Å²) in [5, 5.41) is 2.67. The first kappa shape index (κ1) is 21.0. The predicted octanol–water partition coefficient (Wildman–Crippen LogP) is 2.35. The zero-order valence-electron chi connectivity index (χ0n) is 16.9. The van der Waals surface area contributed by atoms with E-state index in [0.29, 0.717) is 43.0 Å². The van der Waals surface area contributed by atoms with E-state index in [2.05, 4.69) is 5.32 Å². The monoisotopic (exact) mass is 409 g/mol. The third-order valence-corrected chi connectivity index (χ3v) is 4.83. The maximum atomic E-state index is 12.6. The largest absolute Gasteiger partial charge is 0.459 e. The average molecular weight is 409 g/mol. The van der Waals surface area contributed by atoms with Gasteiger partial charge in [0.05, 0.1) is 6.26 Å². The molecule has 8 heteroatoms. The molecule has 0 saturated carbocycles. The molecule has 1 aromatic carbocycles. The Hall–Kier alpha value is -3.68. The lowest BCUT2D eigenvalue weighted by Crippen LogP contribution is -2.50. The molecule has 1 fully saturated rings. The van der Waals surface area contributed by atoms with Crippen LogP contribution in [0.4, 0.5) is 5.69 Å². The SMILES string of the molecule is CC(=O)c1ccc(NC(=O)/C=C(\C)C(=O)N2CCN(C(=O)c3ccco3)CC2)cc1. The van der Waals surface area contributed by atoms with Crippen LogP contribution in [0.2, 0.25) is 0 Å². The summed E-state index contributed by atoms with van der Waals surface area (Å²) in [5.41, 5.74) is 1.39. The number of benzene rings is 1. The second-order valence-electron chi connectivity index (χ2n) is 7.01. The number of furan rings is 1. The van der Waals surface area contributed by atoms with Gasteiger partial charge in [-0.1, -0.05) is 0 Å². The standard InChI is InChI=1S/C22H23N3O5/c1-15(14-20(27)23-18-7-5-17(6-8-18)16(2)26)21(28)24-9-11-25(12-10-24)22(29)19-4-3-13-30-19/h3-8,13-14H,9-12H2,1-2H3,(H,23,27)/b15-14+. The van der Waals surface area contributed by atoms with E-state index in [-0.39, 0.29) is 23.4 Å². The van der Waals surface area contributed by atoms with E-state index in [0.717, 1.165) is 0 Å². The van der Waals surface area contributed by atoms with E-state index in [4.69, 9.17) is 4.42 Å². The number of amides is 3. The molecule has 0 atom stereocenters. The molecule has 1 saturated heterocycles. The van der Waals surface area contributed by atoms with Crippen LogP contribution in [0.3, 0.4) is 0 Å². The number of Topliss-reactive ketones (excluding diaryl/α,β-unsaturated/α-hetero) is 1. The summed E-state index contributed by atoms with van der Waals surface area (Å²) in [6, 6.07) is 9.79. The molecule has 1 aromatic heterocycles. The van der Waals surface area contributed by atoms with E-state index in [1.807, 2.05) is 0 Å². The second kappa shape index (κ2) is 9.21. The molecule has 2 aromatic rings. The number of piperazine rings is 1. The number of hydrogen-bond donors (Lipinski definition) is 1. The van der Waals surface area contributed by atoms with E-state index < -0.39 is 5.91 Å². The highest BCUT2D eigenvalue weighted by molar-refractivity contribution is 6.06. The lowest BCUT2D eigenvalue weighted by atomic mass is 10.1. The zero-order chi connectivity index (χ0) is 21.7. The molecule has 3 amide bonds. The number of carbonyl (C=O) groups is 4. The van der Waals surface area contributed by atoms with Gasteiger partial charge in [0, 0.05) is 49.1 Å². The van der Waals surface area contributed by atoms with Gasteiger partial charge in [0.15, 0.2) is 11.5 Å². The third kappa shape index (κ3) is 5.02. The van der Waals surface area contributed by atoms with Gasteiger partial charge in [-0.05, 0) is 50.2 Å². The number of carbonyl (C=O) groups excluding carboxylic acids is 4. The zero-order valence-corrected chi connectivity index (χ0v) is 16.9. The number of ketones is 1. The Morgan fingerprint density at radius 3 is 2.13 bits per heavy atom. The third-order valence-electron chi connectivity index (χ3n) is 4.83. The van der Waals surface area contributed by atoms with Gasteiger partial charge >= 0.3 is 0 Å². The van der Waals surface area contributed by atoms with Crippen LogP contribution in [0.1, 0.15) is 34.8 Å². The van der Waals surface area contributed by atoms with Crippen molar-refractivity contribution < 1.29 is 23.6 Å². The Morgan fingerprint density at radius 1 is 0.933 bits per heavy atom. The first-order chi connectivity index (χ1) is 14.3. The number of rotatable bonds is 5. The molecule has 0 bridgehead atoms. The second-order valence-corrected chi connectivity index (χ2v) is 7.01. The van der Waals surface area contributed by atoms with Crippen molar-refractivity contribution in [3.8, 4) is 0 Å². The van der Waals surface area contributed by atoms with Crippen LogP contribution in [0.15, 0.2) is 58.7 Å². The fourth-order valence-electron chi connectivity index (χ4n) is 3.14. The highest BCUT2D eigenvalue weighted by Gasteiger charge is 2.26. The quantitative estimate of drug-likeness (QED) is 0.604. The molecule has 0 aliphatic carbocycles. The summed E-state index contributed by atoms with van der Waals surface area (Å²) < 4.78 is 5.13. The molecule has 156 valence electrons. The van der Waals surface area contributed by atoms with Crippen molar-refractivity contribution in [2.45, 2.75) is 13.8 Å². The molecule has 1 N–H and O–H groups in total. The van der Waals surface area contributed by atoms with Gasteiger partial charge in [0.1, 0.15) is 0 Å². The predicted molar refractivity (Wildman–Crippen MR) is 110 cm³/mol. The van der Waals surface area contributed by atoms with E-state index in [9.17, 15) is 19.2 Å². The summed E-state index contributed by atoms with van der Waals surface area (Å²) >= 11 is 0. The first-order valence-corrected chi connectivity index (χ1v) is 9.57. The van der Waals surface area contributed by atoms with E-state index >= 15 is 0 Å². The number of anilines is 1. The van der Waals surface area contributed by atoms with Crippen LogP contribution in [-0.2, 0) is 9.59 Å². The van der Waals surface area contributed by atoms with Crippen molar-refractivity contribution in [3.63, 3.8) is 0 Å². The van der Waals surface area contributed by atoms with Gasteiger partial charge < -0.3 is 19.5 Å². The first-order valence-electron chi connectivity index (χ1n) is 9.57.